The number of nitrogens with zero attached hydrogens (tertiary/aromatic N) is 2. The fourth-order valence-corrected chi connectivity index (χ4v) is 6.74. The van der Waals surface area contributed by atoms with Gasteiger partial charge in [-0.15, -0.1) is 22.7 Å². The van der Waals surface area contributed by atoms with Gasteiger partial charge in [0.1, 0.15) is 5.01 Å². The molecule has 0 radical (unpaired) electrons. The third-order valence-electron chi connectivity index (χ3n) is 6.31. The Morgan fingerprint density at radius 2 is 2.17 bits per heavy atom. The van der Waals surface area contributed by atoms with Gasteiger partial charge in [-0.3, -0.25) is 9.59 Å². The molecule has 2 aliphatic heterocycles. The molecule has 2 unspecified atom stereocenters. The fraction of sp³-hybridized carbons (Fsp3) is 0.435. The predicted molar refractivity (Wildman–Crippen MR) is 121 cm³/mol. The molecule has 1 aromatic carbocycles. The number of likely N-dealkylation sites (tertiary alicyclic amines) is 1. The number of para-hydroxylation sites is 1. The second kappa shape index (κ2) is 8.12. The van der Waals surface area contributed by atoms with E-state index in [2.05, 4.69) is 22.8 Å². The van der Waals surface area contributed by atoms with Crippen molar-refractivity contribution in [3.8, 4) is 0 Å². The number of hydrogen-bond acceptors (Lipinski definition) is 5. The van der Waals surface area contributed by atoms with Gasteiger partial charge in [-0.25, -0.2) is 4.98 Å². The number of thiophene rings is 1. The van der Waals surface area contributed by atoms with Crippen LogP contribution in [0, 0.1) is 0 Å². The number of carbonyl (C=O) groups is 2. The van der Waals surface area contributed by atoms with Gasteiger partial charge in [0.25, 0.3) is 0 Å². The lowest BCUT2D eigenvalue weighted by atomic mass is 9.87. The van der Waals surface area contributed by atoms with Gasteiger partial charge in [0.05, 0.1) is 16.3 Å². The summed E-state index contributed by atoms with van der Waals surface area (Å²) in [5.74, 6) is 0.288. The molecule has 0 saturated carbocycles. The lowest BCUT2D eigenvalue weighted by Gasteiger charge is -2.30. The summed E-state index contributed by atoms with van der Waals surface area (Å²) in [4.78, 5) is 33.3. The van der Waals surface area contributed by atoms with Crippen LogP contribution in [0.4, 0.5) is 0 Å². The zero-order valence-electron chi connectivity index (χ0n) is 16.8. The highest BCUT2D eigenvalue weighted by Gasteiger charge is 2.39. The lowest BCUT2D eigenvalue weighted by Crippen LogP contribution is -2.44. The van der Waals surface area contributed by atoms with E-state index in [1.807, 2.05) is 29.2 Å². The smallest absolute Gasteiger partial charge is 0.223 e. The summed E-state index contributed by atoms with van der Waals surface area (Å²) >= 11 is 3.42. The maximum Gasteiger partial charge on any atom is 0.223 e. The summed E-state index contributed by atoms with van der Waals surface area (Å²) in [5, 5.41) is 6.31. The average molecular weight is 440 g/mol. The number of hydrogen-bond donors (Lipinski definition) is 1. The number of fused-ring (bicyclic) bond motifs is 1. The van der Waals surface area contributed by atoms with E-state index in [0.717, 1.165) is 42.8 Å². The molecule has 2 atom stereocenters. The van der Waals surface area contributed by atoms with Crippen LogP contribution in [0.3, 0.4) is 0 Å². The van der Waals surface area contributed by atoms with Crippen molar-refractivity contribution < 1.29 is 9.59 Å². The Kier molecular flexibility index (Phi) is 5.33. The highest BCUT2D eigenvalue weighted by Crippen LogP contribution is 2.38. The van der Waals surface area contributed by atoms with Crippen molar-refractivity contribution in [3.05, 3.63) is 51.7 Å². The molecule has 2 fully saturated rings. The largest absolute Gasteiger partial charge is 0.350 e. The van der Waals surface area contributed by atoms with Gasteiger partial charge in [-0.05, 0) is 49.3 Å². The number of rotatable bonds is 6. The molecule has 156 valence electrons. The van der Waals surface area contributed by atoms with Crippen molar-refractivity contribution in [1.82, 2.24) is 15.2 Å². The van der Waals surface area contributed by atoms with Crippen molar-refractivity contribution in [3.63, 3.8) is 0 Å². The predicted octanol–water partition coefficient (Wildman–Crippen LogP) is 4.69. The van der Waals surface area contributed by atoms with Gasteiger partial charge < -0.3 is 10.2 Å². The number of aromatic nitrogens is 1. The number of benzene rings is 1. The van der Waals surface area contributed by atoms with Crippen LogP contribution in [0.1, 0.15) is 54.5 Å². The number of amides is 2. The third kappa shape index (κ3) is 3.88. The van der Waals surface area contributed by atoms with Crippen molar-refractivity contribution in [1.29, 1.82) is 0 Å². The minimum absolute atomic E-state index is 0.0846. The molecule has 4 heterocycles. The molecule has 5 nitrogen and oxygen atoms in total. The Bertz CT molecular complexity index is 1030. The average Bonchev–Trinajstić information content (AvgIpc) is 3.53. The monoisotopic (exact) mass is 439 g/mol. The van der Waals surface area contributed by atoms with Crippen molar-refractivity contribution in [2.24, 2.45) is 0 Å². The van der Waals surface area contributed by atoms with Crippen LogP contribution in [0.25, 0.3) is 10.2 Å². The van der Waals surface area contributed by atoms with Crippen LogP contribution >= 0.6 is 22.7 Å². The summed E-state index contributed by atoms with van der Waals surface area (Å²) in [6.07, 6.45) is 5.32. The van der Waals surface area contributed by atoms with Gasteiger partial charge in [0.15, 0.2) is 0 Å². The lowest BCUT2D eigenvalue weighted by molar-refractivity contribution is -0.132. The van der Waals surface area contributed by atoms with Crippen LogP contribution in [0.15, 0.2) is 41.8 Å². The van der Waals surface area contributed by atoms with Gasteiger partial charge in [-0.2, -0.15) is 0 Å². The van der Waals surface area contributed by atoms with Crippen LogP contribution in [-0.4, -0.2) is 33.8 Å². The quantitative estimate of drug-likeness (QED) is 0.606. The zero-order valence-corrected chi connectivity index (χ0v) is 18.4. The summed E-state index contributed by atoms with van der Waals surface area (Å²) in [6.45, 7) is 0.795. The van der Waals surface area contributed by atoms with E-state index in [1.54, 1.807) is 22.7 Å². The summed E-state index contributed by atoms with van der Waals surface area (Å²) in [6, 6.07) is 12.4. The molecule has 0 spiro atoms. The van der Waals surface area contributed by atoms with E-state index in [4.69, 9.17) is 4.98 Å². The molecular formula is C23H25N3O2S2. The van der Waals surface area contributed by atoms with E-state index in [9.17, 15) is 9.59 Å². The highest BCUT2D eigenvalue weighted by molar-refractivity contribution is 7.18. The minimum Gasteiger partial charge on any atom is -0.350 e. The molecule has 1 N–H and O–H groups in total. The summed E-state index contributed by atoms with van der Waals surface area (Å²) < 4.78 is 1.18. The zero-order chi connectivity index (χ0) is 20.6. The minimum atomic E-state index is -0.289. The Balaban J connectivity index is 1.29. The molecule has 7 heteroatoms. The maximum absolute atomic E-state index is 13.2. The van der Waals surface area contributed by atoms with Crippen molar-refractivity contribution in [2.75, 3.05) is 6.54 Å². The fourth-order valence-electron chi connectivity index (χ4n) is 4.77. The SMILES string of the molecule is O=C1CCC(CCC(=O)N2CCCC2c2nc3ccccc3s2)(Cc2cccs2)N1. The normalized spacial score (nSPS) is 23.9. The second-order valence-electron chi connectivity index (χ2n) is 8.35. The Morgan fingerprint density at radius 3 is 2.93 bits per heavy atom. The Labute approximate surface area is 184 Å². The maximum atomic E-state index is 13.2. The molecule has 2 saturated heterocycles. The first-order valence-electron chi connectivity index (χ1n) is 10.6. The highest BCUT2D eigenvalue weighted by atomic mass is 32.1. The second-order valence-corrected chi connectivity index (χ2v) is 10.4. The van der Waals surface area contributed by atoms with Crippen LogP contribution in [0.5, 0.6) is 0 Å². The summed E-state index contributed by atoms with van der Waals surface area (Å²) in [5.41, 5.74) is 0.725. The van der Waals surface area contributed by atoms with E-state index in [-0.39, 0.29) is 23.4 Å². The van der Waals surface area contributed by atoms with Crippen LogP contribution < -0.4 is 5.32 Å². The number of thiazole rings is 1. The van der Waals surface area contributed by atoms with Crippen LogP contribution in [-0.2, 0) is 16.0 Å². The molecule has 2 amide bonds. The molecule has 5 rings (SSSR count). The Hall–Kier alpha value is -2.25. The first-order valence-corrected chi connectivity index (χ1v) is 12.3. The molecule has 3 aromatic rings. The summed E-state index contributed by atoms with van der Waals surface area (Å²) in [7, 11) is 0. The van der Waals surface area contributed by atoms with Gasteiger partial charge in [0, 0.05) is 36.2 Å². The van der Waals surface area contributed by atoms with Crippen LogP contribution in [0.2, 0.25) is 0 Å². The van der Waals surface area contributed by atoms with Crippen molar-refractivity contribution >= 4 is 44.7 Å². The number of carbonyl (C=O) groups excluding carboxylic acids is 2. The molecule has 2 aromatic heterocycles. The van der Waals surface area contributed by atoms with Gasteiger partial charge in [-0.1, -0.05) is 18.2 Å². The number of nitrogens with one attached hydrogen (secondary N) is 1. The van der Waals surface area contributed by atoms with Gasteiger partial charge >= 0.3 is 0 Å². The topological polar surface area (TPSA) is 62.3 Å². The Morgan fingerprint density at radius 1 is 1.27 bits per heavy atom. The van der Waals surface area contributed by atoms with E-state index in [1.165, 1.54) is 9.58 Å². The molecule has 0 bridgehead atoms. The third-order valence-corrected chi connectivity index (χ3v) is 8.33. The van der Waals surface area contributed by atoms with E-state index in [0.29, 0.717) is 19.3 Å². The van der Waals surface area contributed by atoms with Crippen molar-refractivity contribution in [2.45, 2.75) is 56.5 Å². The van der Waals surface area contributed by atoms with E-state index >= 15 is 0 Å². The molecular weight excluding hydrogens is 414 g/mol. The molecule has 30 heavy (non-hydrogen) atoms. The van der Waals surface area contributed by atoms with Gasteiger partial charge in [0.2, 0.25) is 11.8 Å². The first kappa shape index (κ1) is 19.7. The standard InChI is InChI=1S/C23H25N3O2S2/c27-20-9-11-23(25-20,15-16-5-4-14-29-16)12-10-21(28)26-13-3-7-18(26)22-24-17-6-1-2-8-19(17)30-22/h1-2,4-6,8,14,18H,3,7,9-13,15H2,(H,25,27). The van der Waals surface area contributed by atoms with E-state index < -0.39 is 0 Å². The first-order chi connectivity index (χ1) is 14.6. The molecule has 0 aliphatic carbocycles. The molecule has 2 aliphatic rings.